The average molecular weight is 433 g/mol. The zero-order valence-electron chi connectivity index (χ0n) is 17.3. The third-order valence-electron chi connectivity index (χ3n) is 4.74. The van der Waals surface area contributed by atoms with Gasteiger partial charge in [0, 0.05) is 5.69 Å². The summed E-state index contributed by atoms with van der Waals surface area (Å²) in [5, 5.41) is 20.2. The molecule has 0 aliphatic rings. The molecule has 10 nitrogen and oxygen atoms in total. The summed E-state index contributed by atoms with van der Waals surface area (Å²) in [6, 6.07) is 15.2. The van der Waals surface area contributed by atoms with Gasteiger partial charge >= 0.3 is 5.97 Å². The Bertz CT molecular complexity index is 1190. The lowest BCUT2D eigenvalue weighted by Crippen LogP contribution is -2.05. The SMILES string of the molecule is NCCCc1ccc(Nc2ncc3nnn(-c4ccc(OCCC(=O)O)cc4)c3n2)cc1. The number of carbonyl (C=O) groups is 1. The van der Waals surface area contributed by atoms with E-state index >= 15 is 0 Å². The fourth-order valence-electron chi connectivity index (χ4n) is 3.09. The molecule has 2 aromatic carbocycles. The van der Waals surface area contributed by atoms with Crippen molar-refractivity contribution in [3.05, 3.63) is 60.3 Å². The number of aromatic nitrogens is 5. The molecule has 164 valence electrons. The number of hydrogen-bond acceptors (Lipinski definition) is 8. The summed E-state index contributed by atoms with van der Waals surface area (Å²) in [4.78, 5) is 19.5. The first-order chi connectivity index (χ1) is 15.6. The van der Waals surface area contributed by atoms with Gasteiger partial charge in [0.15, 0.2) is 11.2 Å². The normalized spacial score (nSPS) is 10.9. The van der Waals surface area contributed by atoms with Crippen molar-refractivity contribution < 1.29 is 14.6 Å². The summed E-state index contributed by atoms with van der Waals surface area (Å²) in [7, 11) is 0. The first-order valence-corrected chi connectivity index (χ1v) is 10.2. The molecule has 4 N–H and O–H groups in total. The number of carboxylic acid groups (broad SMARTS) is 1. The zero-order valence-corrected chi connectivity index (χ0v) is 17.3. The van der Waals surface area contributed by atoms with E-state index in [1.807, 2.05) is 12.1 Å². The maximum atomic E-state index is 10.6. The lowest BCUT2D eigenvalue weighted by atomic mass is 10.1. The molecule has 4 aromatic rings. The molecule has 0 amide bonds. The van der Waals surface area contributed by atoms with Crippen LogP contribution >= 0.6 is 0 Å². The van der Waals surface area contributed by atoms with E-state index < -0.39 is 5.97 Å². The molecular formula is C22H23N7O3. The second-order valence-corrected chi connectivity index (χ2v) is 7.10. The van der Waals surface area contributed by atoms with Crippen molar-refractivity contribution in [3.63, 3.8) is 0 Å². The first-order valence-electron chi connectivity index (χ1n) is 10.2. The number of anilines is 2. The van der Waals surface area contributed by atoms with Crippen LogP contribution in [0.2, 0.25) is 0 Å². The fourth-order valence-corrected chi connectivity index (χ4v) is 3.09. The van der Waals surface area contributed by atoms with Gasteiger partial charge < -0.3 is 20.9 Å². The van der Waals surface area contributed by atoms with Gasteiger partial charge in [-0.1, -0.05) is 17.3 Å². The van der Waals surface area contributed by atoms with Gasteiger partial charge in [-0.25, -0.2) is 4.98 Å². The van der Waals surface area contributed by atoms with Gasteiger partial charge in [-0.05, 0) is 61.3 Å². The van der Waals surface area contributed by atoms with Crippen LogP contribution < -0.4 is 15.8 Å². The average Bonchev–Trinajstić information content (AvgIpc) is 3.22. The molecule has 0 bridgehead atoms. The number of aryl methyl sites for hydroxylation is 1. The monoisotopic (exact) mass is 433 g/mol. The molecule has 4 rings (SSSR count). The number of nitrogens with two attached hydrogens (primary N) is 1. The van der Waals surface area contributed by atoms with Crippen LogP contribution in [0.3, 0.4) is 0 Å². The number of rotatable bonds is 10. The van der Waals surface area contributed by atoms with Crippen molar-refractivity contribution in [2.75, 3.05) is 18.5 Å². The van der Waals surface area contributed by atoms with Crippen LogP contribution in [-0.2, 0) is 11.2 Å². The molecule has 0 atom stereocenters. The quantitative estimate of drug-likeness (QED) is 0.344. The van der Waals surface area contributed by atoms with Crippen molar-refractivity contribution in [1.82, 2.24) is 25.0 Å². The lowest BCUT2D eigenvalue weighted by Gasteiger charge is -2.08. The number of nitrogens with zero attached hydrogens (tertiary/aromatic N) is 5. The Balaban J connectivity index is 1.49. The van der Waals surface area contributed by atoms with Crippen LogP contribution in [0, 0.1) is 0 Å². The molecule has 0 aliphatic carbocycles. The summed E-state index contributed by atoms with van der Waals surface area (Å²) in [5.41, 5.74) is 9.54. The van der Waals surface area contributed by atoms with Crippen molar-refractivity contribution in [2.24, 2.45) is 5.73 Å². The van der Waals surface area contributed by atoms with Crippen molar-refractivity contribution in [1.29, 1.82) is 0 Å². The highest BCUT2D eigenvalue weighted by atomic mass is 16.5. The number of fused-ring (bicyclic) bond motifs is 1. The number of nitrogens with one attached hydrogen (secondary N) is 1. The third kappa shape index (κ3) is 5.16. The Kier molecular flexibility index (Phi) is 6.52. The summed E-state index contributed by atoms with van der Waals surface area (Å²) >= 11 is 0. The lowest BCUT2D eigenvalue weighted by molar-refractivity contribution is -0.137. The largest absolute Gasteiger partial charge is 0.493 e. The van der Waals surface area contributed by atoms with E-state index in [0.29, 0.717) is 29.4 Å². The Morgan fingerprint density at radius 2 is 1.91 bits per heavy atom. The van der Waals surface area contributed by atoms with Gasteiger partial charge in [-0.2, -0.15) is 9.67 Å². The molecule has 0 saturated heterocycles. The fraction of sp³-hybridized carbons (Fsp3) is 0.227. The minimum atomic E-state index is -0.901. The minimum Gasteiger partial charge on any atom is -0.493 e. The number of benzene rings is 2. The van der Waals surface area contributed by atoms with Gasteiger partial charge in [-0.3, -0.25) is 4.79 Å². The number of ether oxygens (including phenoxy) is 1. The Morgan fingerprint density at radius 1 is 1.12 bits per heavy atom. The predicted octanol–water partition coefficient (Wildman–Crippen LogP) is 2.70. The summed E-state index contributed by atoms with van der Waals surface area (Å²) in [5.74, 6) is 0.109. The van der Waals surface area contributed by atoms with E-state index in [2.05, 4.69) is 37.7 Å². The molecular weight excluding hydrogens is 410 g/mol. The highest BCUT2D eigenvalue weighted by Gasteiger charge is 2.11. The zero-order chi connectivity index (χ0) is 22.3. The van der Waals surface area contributed by atoms with Crippen LogP contribution in [0.25, 0.3) is 16.9 Å². The van der Waals surface area contributed by atoms with Gasteiger partial charge in [0.25, 0.3) is 0 Å². The standard InChI is InChI=1S/C22H23N7O3/c23-12-1-2-15-3-5-16(6-4-15)25-22-24-14-19-21(26-22)29(28-27-19)17-7-9-18(10-8-17)32-13-11-20(30)31/h3-10,14H,1-2,11-13,23H2,(H,30,31)(H,24,25,26). The third-order valence-corrected chi connectivity index (χ3v) is 4.74. The van der Waals surface area contributed by atoms with Crippen molar-refractivity contribution >= 4 is 28.8 Å². The molecule has 2 heterocycles. The molecule has 0 radical (unpaired) electrons. The van der Waals surface area contributed by atoms with Gasteiger partial charge in [0.1, 0.15) is 5.75 Å². The van der Waals surface area contributed by atoms with Crippen molar-refractivity contribution in [2.45, 2.75) is 19.3 Å². The molecule has 0 saturated carbocycles. The van der Waals surface area contributed by atoms with Crippen molar-refractivity contribution in [3.8, 4) is 11.4 Å². The van der Waals surface area contributed by atoms with E-state index in [4.69, 9.17) is 15.6 Å². The maximum absolute atomic E-state index is 10.6. The van der Waals surface area contributed by atoms with E-state index in [1.165, 1.54) is 5.56 Å². The highest BCUT2D eigenvalue weighted by molar-refractivity contribution is 5.73. The van der Waals surface area contributed by atoms with Gasteiger partial charge in [0.2, 0.25) is 5.95 Å². The summed E-state index contributed by atoms with van der Waals surface area (Å²) in [6.07, 6.45) is 3.47. The van der Waals surface area contributed by atoms with Gasteiger partial charge in [0.05, 0.1) is 24.9 Å². The smallest absolute Gasteiger partial charge is 0.306 e. The van der Waals surface area contributed by atoms with Crippen LogP contribution in [0.4, 0.5) is 11.6 Å². The highest BCUT2D eigenvalue weighted by Crippen LogP contribution is 2.20. The molecule has 2 aromatic heterocycles. The summed E-state index contributed by atoms with van der Waals surface area (Å²) in [6.45, 7) is 0.785. The number of aliphatic carboxylic acids is 1. The number of hydrogen-bond donors (Lipinski definition) is 3. The van der Waals surface area contributed by atoms with Crippen LogP contribution in [0.15, 0.2) is 54.7 Å². The van der Waals surface area contributed by atoms with E-state index in [0.717, 1.165) is 24.2 Å². The molecule has 10 heteroatoms. The van der Waals surface area contributed by atoms with Crippen LogP contribution in [0.1, 0.15) is 18.4 Å². The molecule has 0 fully saturated rings. The second kappa shape index (κ2) is 9.84. The van der Waals surface area contributed by atoms with E-state index in [9.17, 15) is 4.79 Å². The minimum absolute atomic E-state index is 0.0570. The molecule has 0 spiro atoms. The number of carboxylic acids is 1. The van der Waals surface area contributed by atoms with Gasteiger partial charge in [-0.15, -0.1) is 5.10 Å². The maximum Gasteiger partial charge on any atom is 0.306 e. The first kappa shape index (κ1) is 21.2. The van der Waals surface area contributed by atoms with Crippen LogP contribution in [-0.4, -0.2) is 49.2 Å². The Labute approximate surface area is 184 Å². The molecule has 32 heavy (non-hydrogen) atoms. The molecule has 0 aliphatic heterocycles. The predicted molar refractivity (Wildman–Crippen MR) is 119 cm³/mol. The Morgan fingerprint density at radius 3 is 2.62 bits per heavy atom. The van der Waals surface area contributed by atoms with E-state index in [1.54, 1.807) is 35.1 Å². The summed E-state index contributed by atoms with van der Waals surface area (Å²) < 4.78 is 7.03. The topological polar surface area (TPSA) is 141 Å². The Hall–Kier alpha value is -4.05. The second-order valence-electron chi connectivity index (χ2n) is 7.10. The van der Waals surface area contributed by atoms with E-state index in [-0.39, 0.29) is 13.0 Å². The molecule has 0 unspecified atom stereocenters. The van der Waals surface area contributed by atoms with Crippen LogP contribution in [0.5, 0.6) is 5.75 Å².